The summed E-state index contributed by atoms with van der Waals surface area (Å²) in [5.41, 5.74) is 1.29. The molecule has 0 saturated heterocycles. The van der Waals surface area contributed by atoms with Crippen LogP contribution in [-0.2, 0) is 32.0 Å². The van der Waals surface area contributed by atoms with Gasteiger partial charge < -0.3 is 19.5 Å². The van der Waals surface area contributed by atoms with Crippen LogP contribution >= 0.6 is 11.3 Å². The molecule has 0 radical (unpaired) electrons. The van der Waals surface area contributed by atoms with Crippen LogP contribution in [-0.4, -0.2) is 29.4 Å². The molecule has 3 rings (SSSR count). The fourth-order valence-electron chi connectivity index (χ4n) is 3.90. The fraction of sp³-hybridized carbons (Fsp3) is 0.448. The van der Waals surface area contributed by atoms with E-state index in [2.05, 4.69) is 12.2 Å². The van der Waals surface area contributed by atoms with E-state index in [-0.39, 0.29) is 24.3 Å². The number of hydrogen-bond donors (Lipinski definition) is 1. The maximum absolute atomic E-state index is 13.1. The number of fused-ring (bicyclic) bond motifs is 1. The lowest BCUT2D eigenvalue weighted by Crippen LogP contribution is -2.25. The van der Waals surface area contributed by atoms with Crippen molar-refractivity contribution < 1.29 is 33.4 Å². The molecule has 1 heterocycles. The van der Waals surface area contributed by atoms with Crippen molar-refractivity contribution in [1.29, 1.82) is 0 Å². The topological polar surface area (TPSA) is 108 Å². The Balaban J connectivity index is 1.84. The summed E-state index contributed by atoms with van der Waals surface area (Å²) in [6, 6.07) is 4.67. The van der Waals surface area contributed by atoms with Crippen molar-refractivity contribution in [2.75, 3.05) is 5.32 Å². The van der Waals surface area contributed by atoms with Crippen molar-refractivity contribution in [1.82, 2.24) is 0 Å². The molecule has 1 aromatic heterocycles. The number of esters is 3. The zero-order chi connectivity index (χ0) is 28.0. The average molecular weight is 542 g/mol. The molecule has 1 N–H and O–H groups in total. The van der Waals surface area contributed by atoms with E-state index >= 15 is 0 Å². The number of benzene rings is 1. The second kappa shape index (κ2) is 12.4. The number of carbonyl (C=O) groups is 4. The van der Waals surface area contributed by atoms with Gasteiger partial charge in [-0.15, -0.1) is 11.3 Å². The van der Waals surface area contributed by atoms with Gasteiger partial charge in [-0.2, -0.15) is 0 Å². The minimum absolute atomic E-state index is 0.0912. The average Bonchev–Trinajstić information content (AvgIpc) is 3.19. The molecular weight excluding hydrogens is 506 g/mol. The molecule has 204 valence electrons. The third-order valence-electron chi connectivity index (χ3n) is 5.77. The largest absolute Gasteiger partial charge is 0.456 e. The smallest absolute Gasteiger partial charge is 0.341 e. The van der Waals surface area contributed by atoms with Crippen molar-refractivity contribution in [3.63, 3.8) is 0 Å². The first-order chi connectivity index (χ1) is 17.9. The number of carbonyl (C=O) groups excluding carboxylic acids is 4. The van der Waals surface area contributed by atoms with Crippen molar-refractivity contribution in [3.05, 3.63) is 45.8 Å². The third-order valence-corrected chi connectivity index (χ3v) is 6.97. The quantitative estimate of drug-likeness (QED) is 0.244. The first kappa shape index (κ1) is 29.1. The molecule has 1 aliphatic carbocycles. The Morgan fingerprint density at radius 2 is 1.71 bits per heavy atom. The van der Waals surface area contributed by atoms with Gasteiger partial charge in [0.25, 0.3) is 0 Å². The van der Waals surface area contributed by atoms with Gasteiger partial charge in [0, 0.05) is 23.8 Å². The molecule has 0 fully saturated rings. The molecule has 1 atom stereocenters. The lowest BCUT2D eigenvalue weighted by atomic mass is 9.88. The van der Waals surface area contributed by atoms with E-state index in [1.54, 1.807) is 26.0 Å². The number of hydrogen-bond acceptors (Lipinski definition) is 8. The Morgan fingerprint density at radius 1 is 1.05 bits per heavy atom. The van der Waals surface area contributed by atoms with E-state index in [1.165, 1.54) is 29.5 Å². The summed E-state index contributed by atoms with van der Waals surface area (Å²) in [6.45, 7) is 10.9. The number of rotatable bonds is 8. The summed E-state index contributed by atoms with van der Waals surface area (Å²) in [5, 5.41) is 3.34. The highest BCUT2D eigenvalue weighted by Gasteiger charge is 2.31. The van der Waals surface area contributed by atoms with Crippen LogP contribution < -0.4 is 14.8 Å². The predicted octanol–water partition coefficient (Wildman–Crippen LogP) is 6.11. The second-order valence-electron chi connectivity index (χ2n) is 10.2. The normalized spacial score (nSPS) is 15.1. The van der Waals surface area contributed by atoms with Crippen LogP contribution in [0.15, 0.2) is 24.3 Å². The van der Waals surface area contributed by atoms with Crippen molar-refractivity contribution in [3.8, 4) is 11.5 Å². The van der Waals surface area contributed by atoms with Gasteiger partial charge in [0.1, 0.15) is 10.6 Å². The molecular formula is C29H35NO7S. The molecule has 1 aromatic carbocycles. The summed E-state index contributed by atoms with van der Waals surface area (Å²) >= 11 is 1.42. The van der Waals surface area contributed by atoms with E-state index in [0.29, 0.717) is 22.0 Å². The fourth-order valence-corrected chi connectivity index (χ4v) is 5.13. The van der Waals surface area contributed by atoms with E-state index in [9.17, 15) is 19.2 Å². The van der Waals surface area contributed by atoms with E-state index in [4.69, 9.17) is 14.2 Å². The van der Waals surface area contributed by atoms with Crippen LogP contribution in [0.5, 0.6) is 11.5 Å². The number of anilines is 1. The lowest BCUT2D eigenvalue weighted by molar-refractivity contribution is -0.136. The first-order valence-corrected chi connectivity index (χ1v) is 13.6. The monoisotopic (exact) mass is 541 g/mol. The van der Waals surface area contributed by atoms with Gasteiger partial charge in [-0.25, -0.2) is 4.79 Å². The van der Waals surface area contributed by atoms with Gasteiger partial charge in [0.05, 0.1) is 5.56 Å². The molecule has 8 nitrogen and oxygen atoms in total. The summed E-state index contributed by atoms with van der Waals surface area (Å²) in [5.74, 6) is -1.15. The van der Waals surface area contributed by atoms with Gasteiger partial charge >= 0.3 is 17.9 Å². The Bertz CT molecular complexity index is 1250. The Labute approximate surface area is 227 Å². The molecule has 0 aliphatic heterocycles. The molecule has 1 aliphatic rings. The standard InChI is InChI=1S/C29H35NO7S/c1-7-24(32)35-20-12-10-18(16-21(20)36-25(33)8-2)11-14-23(31)30-27-26(28(34)37-29(4,5)6)19-15-17(3)9-13-22(19)38-27/h10-12,14,16-17H,7-9,13,15H2,1-6H3,(H,30,31). The zero-order valence-electron chi connectivity index (χ0n) is 22.8. The third kappa shape index (κ3) is 7.77. The number of ether oxygens (including phenoxy) is 3. The lowest BCUT2D eigenvalue weighted by Gasteiger charge is -2.22. The zero-order valence-corrected chi connectivity index (χ0v) is 23.6. The van der Waals surface area contributed by atoms with Crippen molar-refractivity contribution in [2.45, 2.75) is 79.2 Å². The van der Waals surface area contributed by atoms with Crippen molar-refractivity contribution in [2.24, 2.45) is 5.92 Å². The van der Waals surface area contributed by atoms with Crippen LogP contribution in [0, 0.1) is 5.92 Å². The van der Waals surface area contributed by atoms with E-state index < -0.39 is 29.4 Å². The highest BCUT2D eigenvalue weighted by atomic mass is 32.1. The maximum atomic E-state index is 13.1. The molecule has 0 saturated carbocycles. The van der Waals surface area contributed by atoms with Crippen LogP contribution in [0.2, 0.25) is 0 Å². The van der Waals surface area contributed by atoms with Crippen molar-refractivity contribution >= 4 is 46.2 Å². The molecule has 9 heteroatoms. The summed E-state index contributed by atoms with van der Waals surface area (Å²) in [6.07, 6.45) is 5.85. The summed E-state index contributed by atoms with van der Waals surface area (Å²) in [4.78, 5) is 50.7. The second-order valence-corrected chi connectivity index (χ2v) is 11.3. The van der Waals surface area contributed by atoms with E-state index in [0.717, 1.165) is 29.7 Å². The van der Waals surface area contributed by atoms with Gasteiger partial charge in [0.2, 0.25) is 5.91 Å². The highest BCUT2D eigenvalue weighted by molar-refractivity contribution is 7.17. The number of nitrogens with one attached hydrogen (secondary N) is 1. The van der Waals surface area contributed by atoms with E-state index in [1.807, 2.05) is 20.8 Å². The summed E-state index contributed by atoms with van der Waals surface area (Å²) < 4.78 is 16.2. The maximum Gasteiger partial charge on any atom is 0.341 e. The molecule has 0 bridgehead atoms. The SMILES string of the molecule is CCC(=O)Oc1ccc(C=CC(=O)Nc2sc3c(c2C(=O)OC(C)(C)C)CC(C)CC3)cc1OC(=O)CC. The van der Waals surface area contributed by atoms with Crippen LogP contribution in [0.25, 0.3) is 6.08 Å². The summed E-state index contributed by atoms with van der Waals surface area (Å²) in [7, 11) is 0. The highest BCUT2D eigenvalue weighted by Crippen LogP contribution is 2.40. The van der Waals surface area contributed by atoms with Crippen LogP contribution in [0.4, 0.5) is 5.00 Å². The molecule has 1 amide bonds. The predicted molar refractivity (Wildman–Crippen MR) is 147 cm³/mol. The van der Waals surface area contributed by atoms with Gasteiger partial charge in [0.15, 0.2) is 11.5 Å². The molecule has 38 heavy (non-hydrogen) atoms. The minimum Gasteiger partial charge on any atom is -0.456 e. The molecule has 2 aromatic rings. The van der Waals surface area contributed by atoms with Crippen LogP contribution in [0.3, 0.4) is 0 Å². The Hall–Kier alpha value is -3.46. The van der Waals surface area contributed by atoms with Gasteiger partial charge in [-0.3, -0.25) is 14.4 Å². The molecule has 0 spiro atoms. The van der Waals surface area contributed by atoms with Gasteiger partial charge in [-0.1, -0.05) is 26.8 Å². The number of amides is 1. The number of aryl methyl sites for hydroxylation is 1. The first-order valence-electron chi connectivity index (χ1n) is 12.8. The molecule has 1 unspecified atom stereocenters. The van der Waals surface area contributed by atoms with Gasteiger partial charge in [-0.05, 0) is 75.3 Å². The Kier molecular flexibility index (Phi) is 9.49. The Morgan fingerprint density at radius 3 is 2.34 bits per heavy atom. The minimum atomic E-state index is -0.663. The number of thiophene rings is 1. The van der Waals surface area contributed by atoms with Crippen LogP contribution in [0.1, 0.15) is 87.2 Å².